The highest BCUT2D eigenvalue weighted by molar-refractivity contribution is 9.10. The molecule has 0 atom stereocenters. The van der Waals surface area contributed by atoms with E-state index in [0.29, 0.717) is 18.5 Å². The number of hydrogen-bond donors (Lipinski definition) is 3. The van der Waals surface area contributed by atoms with Gasteiger partial charge in [-0.3, -0.25) is 4.79 Å². The standard InChI is InChI=1S/C13H15BrFN3O2/c14-9-7-8(3-4-10(9)15)17-12(19)13(11(16)18-20)5-1-2-6-13/h3-4,7,20H,1-2,5-6H2,(H2,16,18)(H,17,19). The molecule has 7 heteroatoms. The highest BCUT2D eigenvalue weighted by Crippen LogP contribution is 2.39. The molecule has 20 heavy (non-hydrogen) atoms. The van der Waals surface area contributed by atoms with Gasteiger partial charge in [0.25, 0.3) is 0 Å². The predicted octanol–water partition coefficient (Wildman–Crippen LogP) is 2.83. The lowest BCUT2D eigenvalue weighted by atomic mass is 9.83. The van der Waals surface area contributed by atoms with Gasteiger partial charge in [0.1, 0.15) is 11.2 Å². The van der Waals surface area contributed by atoms with Crippen LogP contribution < -0.4 is 11.1 Å². The van der Waals surface area contributed by atoms with Gasteiger partial charge in [-0.25, -0.2) is 4.39 Å². The van der Waals surface area contributed by atoms with Crippen molar-refractivity contribution in [2.24, 2.45) is 16.3 Å². The molecule has 5 nitrogen and oxygen atoms in total. The molecule has 1 fully saturated rings. The van der Waals surface area contributed by atoms with Gasteiger partial charge in [0.15, 0.2) is 5.84 Å². The number of carbonyl (C=O) groups excluding carboxylic acids is 1. The van der Waals surface area contributed by atoms with Crippen LogP contribution in [-0.4, -0.2) is 17.0 Å². The number of hydrogen-bond acceptors (Lipinski definition) is 3. The molecule has 1 aliphatic rings. The Labute approximate surface area is 124 Å². The molecule has 4 N–H and O–H groups in total. The second-order valence-corrected chi connectivity index (χ2v) is 5.71. The number of amides is 1. The van der Waals surface area contributed by atoms with E-state index in [1.807, 2.05) is 0 Å². The summed E-state index contributed by atoms with van der Waals surface area (Å²) < 4.78 is 13.4. The van der Waals surface area contributed by atoms with Gasteiger partial charge < -0.3 is 16.3 Å². The van der Waals surface area contributed by atoms with Crippen molar-refractivity contribution in [1.29, 1.82) is 0 Å². The summed E-state index contributed by atoms with van der Waals surface area (Å²) >= 11 is 3.06. The van der Waals surface area contributed by atoms with Crippen LogP contribution in [0.15, 0.2) is 27.8 Å². The first-order valence-electron chi connectivity index (χ1n) is 6.24. The second-order valence-electron chi connectivity index (χ2n) is 4.86. The maximum Gasteiger partial charge on any atom is 0.238 e. The third-order valence-corrected chi connectivity index (χ3v) is 4.27. The first-order chi connectivity index (χ1) is 9.49. The number of rotatable bonds is 3. The number of nitrogens with zero attached hydrogens (tertiary/aromatic N) is 1. The normalized spacial score (nSPS) is 18.0. The Morgan fingerprint density at radius 1 is 1.45 bits per heavy atom. The molecule has 1 amide bonds. The maximum atomic E-state index is 13.2. The summed E-state index contributed by atoms with van der Waals surface area (Å²) in [5.41, 5.74) is 5.17. The molecule has 1 aromatic rings. The first-order valence-corrected chi connectivity index (χ1v) is 7.03. The van der Waals surface area contributed by atoms with Gasteiger partial charge in [-0.2, -0.15) is 0 Å². The SMILES string of the molecule is N/C(=N/O)C1(C(=O)Nc2ccc(F)c(Br)c2)CCCC1. The van der Waals surface area contributed by atoms with Crippen molar-refractivity contribution in [1.82, 2.24) is 0 Å². The molecule has 0 saturated heterocycles. The minimum absolute atomic E-state index is 0.0753. The quantitative estimate of drug-likeness (QED) is 0.341. The zero-order valence-electron chi connectivity index (χ0n) is 10.7. The van der Waals surface area contributed by atoms with Gasteiger partial charge in [-0.15, -0.1) is 0 Å². The summed E-state index contributed by atoms with van der Waals surface area (Å²) in [6, 6.07) is 4.19. The molecule has 1 aromatic carbocycles. The van der Waals surface area contributed by atoms with Crippen LogP contribution in [0, 0.1) is 11.2 Å². The average Bonchev–Trinajstić information content (AvgIpc) is 2.93. The Hall–Kier alpha value is -1.63. The van der Waals surface area contributed by atoms with Crippen LogP contribution in [0.3, 0.4) is 0 Å². The molecular formula is C13H15BrFN3O2. The molecule has 2 rings (SSSR count). The molecule has 0 radical (unpaired) electrons. The Morgan fingerprint density at radius 3 is 2.65 bits per heavy atom. The number of oxime groups is 1. The molecule has 0 bridgehead atoms. The van der Waals surface area contributed by atoms with E-state index in [2.05, 4.69) is 26.4 Å². The number of halogens is 2. The van der Waals surface area contributed by atoms with E-state index >= 15 is 0 Å². The smallest absolute Gasteiger partial charge is 0.238 e. The van der Waals surface area contributed by atoms with Gasteiger partial charge >= 0.3 is 0 Å². The Morgan fingerprint density at radius 2 is 2.10 bits per heavy atom. The predicted molar refractivity (Wildman–Crippen MR) is 77.0 cm³/mol. The van der Waals surface area contributed by atoms with Crippen molar-refractivity contribution in [3.63, 3.8) is 0 Å². The summed E-state index contributed by atoms with van der Waals surface area (Å²) in [6.07, 6.45) is 2.77. The van der Waals surface area contributed by atoms with Gasteiger partial charge in [0.05, 0.1) is 4.47 Å². The highest BCUT2D eigenvalue weighted by atomic mass is 79.9. The van der Waals surface area contributed by atoms with Crippen LogP contribution in [0.5, 0.6) is 0 Å². The van der Waals surface area contributed by atoms with Crippen molar-refractivity contribution >= 4 is 33.4 Å². The summed E-state index contributed by atoms with van der Waals surface area (Å²) in [4.78, 5) is 12.4. The van der Waals surface area contributed by atoms with Crippen molar-refractivity contribution < 1.29 is 14.4 Å². The summed E-state index contributed by atoms with van der Waals surface area (Å²) in [7, 11) is 0. The fourth-order valence-corrected chi connectivity index (χ4v) is 2.88. The van der Waals surface area contributed by atoms with Crippen LogP contribution in [0.1, 0.15) is 25.7 Å². The zero-order valence-corrected chi connectivity index (χ0v) is 12.3. The minimum Gasteiger partial charge on any atom is -0.409 e. The van der Waals surface area contributed by atoms with Gasteiger partial charge in [0, 0.05) is 5.69 Å². The number of anilines is 1. The number of amidine groups is 1. The third kappa shape index (κ3) is 2.63. The van der Waals surface area contributed by atoms with Crippen molar-refractivity contribution in [2.45, 2.75) is 25.7 Å². The van der Waals surface area contributed by atoms with Crippen LogP contribution in [0.2, 0.25) is 0 Å². The number of nitrogens with one attached hydrogen (secondary N) is 1. The molecule has 108 valence electrons. The van der Waals surface area contributed by atoms with Crippen molar-refractivity contribution in [3.05, 3.63) is 28.5 Å². The van der Waals surface area contributed by atoms with Crippen LogP contribution in [0.25, 0.3) is 0 Å². The van der Waals surface area contributed by atoms with E-state index in [1.54, 1.807) is 0 Å². The van der Waals surface area contributed by atoms with E-state index in [4.69, 9.17) is 10.9 Å². The van der Waals surface area contributed by atoms with Crippen molar-refractivity contribution in [2.75, 3.05) is 5.32 Å². The van der Waals surface area contributed by atoms with E-state index in [-0.39, 0.29) is 16.2 Å². The summed E-state index contributed by atoms with van der Waals surface area (Å²) in [5, 5.41) is 14.6. The minimum atomic E-state index is -0.977. The number of nitrogens with two attached hydrogens (primary N) is 1. The molecule has 0 heterocycles. The monoisotopic (exact) mass is 343 g/mol. The van der Waals surface area contributed by atoms with Crippen molar-refractivity contribution in [3.8, 4) is 0 Å². The molecule has 0 aromatic heterocycles. The van der Waals surface area contributed by atoms with Crippen LogP contribution in [0.4, 0.5) is 10.1 Å². The maximum absolute atomic E-state index is 13.2. The fraction of sp³-hybridized carbons (Fsp3) is 0.385. The molecule has 0 spiro atoms. The van der Waals surface area contributed by atoms with E-state index in [1.165, 1.54) is 18.2 Å². The lowest BCUT2D eigenvalue weighted by molar-refractivity contribution is -0.122. The largest absolute Gasteiger partial charge is 0.409 e. The Kier molecular flexibility index (Phi) is 4.27. The van der Waals surface area contributed by atoms with E-state index in [9.17, 15) is 9.18 Å². The van der Waals surface area contributed by atoms with Crippen LogP contribution in [-0.2, 0) is 4.79 Å². The van der Waals surface area contributed by atoms with E-state index < -0.39 is 11.2 Å². The summed E-state index contributed by atoms with van der Waals surface area (Å²) in [5.74, 6) is -0.813. The summed E-state index contributed by atoms with van der Waals surface area (Å²) in [6.45, 7) is 0. The van der Waals surface area contributed by atoms with Crippen LogP contribution >= 0.6 is 15.9 Å². The van der Waals surface area contributed by atoms with E-state index in [0.717, 1.165) is 12.8 Å². The molecule has 0 aliphatic heterocycles. The molecule has 1 saturated carbocycles. The average molecular weight is 344 g/mol. The second kappa shape index (κ2) is 5.78. The molecule has 1 aliphatic carbocycles. The zero-order chi connectivity index (χ0) is 14.8. The third-order valence-electron chi connectivity index (χ3n) is 3.67. The molecular weight excluding hydrogens is 329 g/mol. The number of carbonyl (C=O) groups is 1. The Balaban J connectivity index is 2.23. The van der Waals surface area contributed by atoms with Gasteiger partial charge in [-0.1, -0.05) is 18.0 Å². The fourth-order valence-electron chi connectivity index (χ4n) is 2.50. The van der Waals surface area contributed by atoms with Gasteiger partial charge in [0.2, 0.25) is 5.91 Å². The molecule has 0 unspecified atom stereocenters. The topological polar surface area (TPSA) is 87.7 Å². The Bertz CT molecular complexity index is 557. The highest BCUT2D eigenvalue weighted by Gasteiger charge is 2.45. The lowest BCUT2D eigenvalue weighted by Gasteiger charge is -2.26. The lowest BCUT2D eigenvalue weighted by Crippen LogP contribution is -2.45. The first kappa shape index (κ1) is 14.8. The van der Waals surface area contributed by atoms with Gasteiger partial charge in [-0.05, 0) is 47.0 Å². The number of benzene rings is 1.